The average Bonchev–Trinajstić information content (AvgIpc) is 2.31. The van der Waals surface area contributed by atoms with Gasteiger partial charge >= 0.3 is 5.97 Å². The van der Waals surface area contributed by atoms with Crippen LogP contribution in [0.25, 0.3) is 0 Å². The molecule has 0 bridgehead atoms. The molecule has 0 amide bonds. The van der Waals surface area contributed by atoms with E-state index in [9.17, 15) is 14.7 Å². The molecule has 3 nitrogen and oxygen atoms in total. The lowest BCUT2D eigenvalue weighted by atomic mass is 9.68. The number of hydrogen-bond donors (Lipinski definition) is 1. The van der Waals surface area contributed by atoms with Crippen molar-refractivity contribution in [1.29, 1.82) is 0 Å². The van der Waals surface area contributed by atoms with E-state index in [1.807, 2.05) is 31.2 Å². The Morgan fingerprint density at radius 2 is 1.82 bits per heavy atom. The monoisotopic (exact) mass is 232 g/mol. The van der Waals surface area contributed by atoms with Gasteiger partial charge in [0, 0.05) is 12.8 Å². The molecular weight excluding hydrogens is 216 g/mol. The molecule has 0 unspecified atom stereocenters. The summed E-state index contributed by atoms with van der Waals surface area (Å²) in [6.07, 6.45) is 1.60. The zero-order valence-electron chi connectivity index (χ0n) is 9.90. The van der Waals surface area contributed by atoms with Crippen LogP contribution < -0.4 is 0 Å². The molecular formula is C14H16O3. The van der Waals surface area contributed by atoms with Crippen LogP contribution in [0.15, 0.2) is 24.3 Å². The fourth-order valence-corrected chi connectivity index (χ4v) is 2.66. The SMILES string of the molecule is Cc1ccccc1C1(C(=O)O)CCC(=O)CC1. The highest BCUT2D eigenvalue weighted by molar-refractivity contribution is 5.87. The second kappa shape index (κ2) is 4.32. The number of carboxylic acid groups (broad SMARTS) is 1. The van der Waals surface area contributed by atoms with Crippen LogP contribution in [0.2, 0.25) is 0 Å². The van der Waals surface area contributed by atoms with E-state index in [0.717, 1.165) is 11.1 Å². The van der Waals surface area contributed by atoms with E-state index in [4.69, 9.17) is 0 Å². The topological polar surface area (TPSA) is 54.4 Å². The minimum atomic E-state index is -0.862. The number of benzene rings is 1. The number of rotatable bonds is 2. The molecule has 2 rings (SSSR count). The van der Waals surface area contributed by atoms with Crippen molar-refractivity contribution in [3.63, 3.8) is 0 Å². The lowest BCUT2D eigenvalue weighted by molar-refractivity contribution is -0.146. The largest absolute Gasteiger partial charge is 0.481 e. The third-order valence-electron chi connectivity index (χ3n) is 3.73. The highest BCUT2D eigenvalue weighted by Gasteiger charge is 2.43. The second-order valence-corrected chi connectivity index (χ2v) is 4.74. The molecule has 0 spiro atoms. The van der Waals surface area contributed by atoms with Crippen LogP contribution in [-0.4, -0.2) is 16.9 Å². The van der Waals surface area contributed by atoms with E-state index in [1.165, 1.54) is 0 Å². The van der Waals surface area contributed by atoms with Crippen LogP contribution in [0.1, 0.15) is 36.8 Å². The van der Waals surface area contributed by atoms with Gasteiger partial charge in [0.05, 0.1) is 5.41 Å². The van der Waals surface area contributed by atoms with Crippen LogP contribution in [0.5, 0.6) is 0 Å². The van der Waals surface area contributed by atoms with Crippen molar-refractivity contribution in [2.75, 3.05) is 0 Å². The highest BCUT2D eigenvalue weighted by atomic mass is 16.4. The summed E-state index contributed by atoms with van der Waals surface area (Å²) in [7, 11) is 0. The van der Waals surface area contributed by atoms with E-state index in [-0.39, 0.29) is 5.78 Å². The lowest BCUT2D eigenvalue weighted by Gasteiger charge is -2.34. The van der Waals surface area contributed by atoms with Gasteiger partial charge in [0.15, 0.2) is 0 Å². The maximum atomic E-state index is 11.6. The average molecular weight is 232 g/mol. The zero-order chi connectivity index (χ0) is 12.5. The summed E-state index contributed by atoms with van der Waals surface area (Å²) in [5.41, 5.74) is 0.989. The Morgan fingerprint density at radius 3 is 2.35 bits per heavy atom. The van der Waals surface area contributed by atoms with Gasteiger partial charge in [-0.1, -0.05) is 24.3 Å². The molecule has 90 valence electrons. The first-order chi connectivity index (χ1) is 8.06. The van der Waals surface area contributed by atoms with Crippen LogP contribution in [-0.2, 0) is 15.0 Å². The molecule has 0 saturated heterocycles. The number of ketones is 1. The Labute approximate surface area is 100 Å². The smallest absolute Gasteiger partial charge is 0.314 e. The van der Waals surface area contributed by atoms with Gasteiger partial charge in [-0.15, -0.1) is 0 Å². The van der Waals surface area contributed by atoms with Crippen LogP contribution in [0.3, 0.4) is 0 Å². The molecule has 1 aliphatic rings. The van der Waals surface area contributed by atoms with E-state index in [2.05, 4.69) is 0 Å². The third-order valence-corrected chi connectivity index (χ3v) is 3.73. The van der Waals surface area contributed by atoms with Gasteiger partial charge < -0.3 is 5.11 Å². The fourth-order valence-electron chi connectivity index (χ4n) is 2.66. The Balaban J connectivity index is 2.46. The van der Waals surface area contributed by atoms with Gasteiger partial charge in [-0.2, -0.15) is 0 Å². The molecule has 17 heavy (non-hydrogen) atoms. The van der Waals surface area contributed by atoms with Crippen molar-refractivity contribution in [2.24, 2.45) is 0 Å². The van der Waals surface area contributed by atoms with Crippen molar-refractivity contribution in [1.82, 2.24) is 0 Å². The van der Waals surface area contributed by atoms with Gasteiger partial charge in [-0.05, 0) is 30.9 Å². The highest BCUT2D eigenvalue weighted by Crippen LogP contribution is 2.39. The van der Waals surface area contributed by atoms with Crippen LogP contribution >= 0.6 is 0 Å². The summed E-state index contributed by atoms with van der Waals surface area (Å²) in [6, 6.07) is 7.57. The molecule has 1 aromatic carbocycles. The van der Waals surface area contributed by atoms with Crippen molar-refractivity contribution >= 4 is 11.8 Å². The fraction of sp³-hybridized carbons (Fsp3) is 0.429. The van der Waals surface area contributed by atoms with Gasteiger partial charge in [0.1, 0.15) is 5.78 Å². The minimum Gasteiger partial charge on any atom is -0.481 e. The van der Waals surface area contributed by atoms with Gasteiger partial charge in [0.25, 0.3) is 0 Å². The summed E-state index contributed by atoms with van der Waals surface area (Å²) in [5, 5.41) is 9.54. The van der Waals surface area contributed by atoms with E-state index in [1.54, 1.807) is 0 Å². The molecule has 1 aromatic rings. The first kappa shape index (κ1) is 11.8. The summed E-state index contributed by atoms with van der Waals surface area (Å²) >= 11 is 0. The Kier molecular flexibility index (Phi) is 3.01. The molecule has 1 saturated carbocycles. The van der Waals surface area contributed by atoms with Gasteiger partial charge in [-0.25, -0.2) is 0 Å². The first-order valence-corrected chi connectivity index (χ1v) is 5.87. The molecule has 1 N–H and O–H groups in total. The summed E-state index contributed by atoms with van der Waals surface area (Å²) in [6.45, 7) is 1.93. The predicted molar refractivity (Wildman–Crippen MR) is 64.0 cm³/mol. The number of aryl methyl sites for hydroxylation is 1. The Hall–Kier alpha value is -1.64. The molecule has 0 aliphatic heterocycles. The standard InChI is InChI=1S/C14H16O3/c1-10-4-2-3-5-12(10)14(13(16)17)8-6-11(15)7-9-14/h2-5H,6-9H2,1H3,(H,16,17). The van der Waals surface area contributed by atoms with Gasteiger partial charge in [0.2, 0.25) is 0 Å². The molecule has 1 fully saturated rings. The molecule has 0 heterocycles. The van der Waals surface area contributed by atoms with Crippen molar-refractivity contribution in [2.45, 2.75) is 38.0 Å². The maximum Gasteiger partial charge on any atom is 0.314 e. The molecule has 0 aromatic heterocycles. The molecule has 0 atom stereocenters. The van der Waals surface area contributed by atoms with Gasteiger partial charge in [-0.3, -0.25) is 9.59 Å². The third kappa shape index (κ3) is 1.97. The van der Waals surface area contributed by atoms with Crippen LogP contribution in [0.4, 0.5) is 0 Å². The minimum absolute atomic E-state index is 0.176. The summed E-state index contributed by atoms with van der Waals surface area (Å²) in [4.78, 5) is 22.9. The molecule has 1 aliphatic carbocycles. The number of carbonyl (C=O) groups excluding carboxylic acids is 1. The zero-order valence-corrected chi connectivity index (χ0v) is 9.90. The second-order valence-electron chi connectivity index (χ2n) is 4.74. The van der Waals surface area contributed by atoms with Crippen molar-refractivity contribution in [3.8, 4) is 0 Å². The normalized spacial score (nSPS) is 19.0. The van der Waals surface area contributed by atoms with Crippen molar-refractivity contribution in [3.05, 3.63) is 35.4 Å². The number of carbonyl (C=O) groups is 2. The predicted octanol–water partition coefficient (Wildman–Crippen LogP) is 2.46. The van der Waals surface area contributed by atoms with E-state index < -0.39 is 11.4 Å². The Bertz CT molecular complexity index is 452. The quantitative estimate of drug-likeness (QED) is 0.852. The number of carboxylic acids is 1. The van der Waals surface area contributed by atoms with E-state index in [0.29, 0.717) is 25.7 Å². The number of hydrogen-bond acceptors (Lipinski definition) is 2. The van der Waals surface area contributed by atoms with E-state index >= 15 is 0 Å². The lowest BCUT2D eigenvalue weighted by Crippen LogP contribution is -2.40. The van der Waals surface area contributed by atoms with Crippen LogP contribution in [0, 0.1) is 6.92 Å². The molecule has 0 radical (unpaired) electrons. The maximum absolute atomic E-state index is 11.6. The Morgan fingerprint density at radius 1 is 1.24 bits per heavy atom. The van der Waals surface area contributed by atoms with Crippen molar-refractivity contribution < 1.29 is 14.7 Å². The first-order valence-electron chi connectivity index (χ1n) is 5.87. The number of Topliss-reactive ketones (excluding diaryl/α,β-unsaturated/α-hetero) is 1. The summed E-state index contributed by atoms with van der Waals surface area (Å²) < 4.78 is 0. The molecule has 3 heteroatoms. The number of aliphatic carboxylic acids is 1. The summed E-state index contributed by atoms with van der Waals surface area (Å²) in [5.74, 6) is -0.630.